The van der Waals surface area contributed by atoms with E-state index in [1.807, 2.05) is 0 Å². The van der Waals surface area contributed by atoms with Crippen molar-refractivity contribution in [2.45, 2.75) is 6.42 Å². The van der Waals surface area contributed by atoms with Crippen LogP contribution in [0.2, 0.25) is 0 Å². The number of anilines is 2. The molecule has 0 saturated carbocycles. The van der Waals surface area contributed by atoms with Gasteiger partial charge < -0.3 is 15.5 Å². The van der Waals surface area contributed by atoms with Gasteiger partial charge in [0.1, 0.15) is 18.0 Å². The van der Waals surface area contributed by atoms with Gasteiger partial charge in [0.2, 0.25) is 5.91 Å². The van der Waals surface area contributed by atoms with E-state index in [2.05, 4.69) is 20.6 Å². The third kappa shape index (κ3) is 3.72. The molecular formula is C10H17N5O. The van der Waals surface area contributed by atoms with Gasteiger partial charge in [-0.3, -0.25) is 4.79 Å². The molecule has 1 amide bonds. The zero-order chi connectivity index (χ0) is 12.0. The largest absolute Gasteiger partial charge is 0.373 e. The van der Waals surface area contributed by atoms with Crippen molar-refractivity contribution < 1.29 is 4.79 Å². The van der Waals surface area contributed by atoms with E-state index in [4.69, 9.17) is 0 Å². The molecule has 1 heterocycles. The van der Waals surface area contributed by atoms with Gasteiger partial charge in [-0.1, -0.05) is 0 Å². The standard InChI is InChI=1S/C10H17N5O/c1-11-8-6-9(14-7-13-8)12-5-4-10(16)15(2)3/h6-7H,4-5H2,1-3H3,(H2,11,12,13,14). The molecule has 6 nitrogen and oxygen atoms in total. The van der Waals surface area contributed by atoms with Crippen LogP contribution >= 0.6 is 0 Å². The molecule has 0 spiro atoms. The Morgan fingerprint density at radius 1 is 1.38 bits per heavy atom. The number of rotatable bonds is 5. The first kappa shape index (κ1) is 12.2. The summed E-state index contributed by atoms with van der Waals surface area (Å²) in [5.41, 5.74) is 0. The Bertz CT molecular complexity index is 353. The Morgan fingerprint density at radius 3 is 2.69 bits per heavy atom. The van der Waals surface area contributed by atoms with Gasteiger partial charge >= 0.3 is 0 Å². The molecule has 1 aromatic heterocycles. The van der Waals surface area contributed by atoms with Crippen molar-refractivity contribution in [3.8, 4) is 0 Å². The van der Waals surface area contributed by atoms with Crippen molar-refractivity contribution in [2.75, 3.05) is 38.3 Å². The topological polar surface area (TPSA) is 70.2 Å². The Kier molecular flexibility index (Phi) is 4.50. The average molecular weight is 223 g/mol. The van der Waals surface area contributed by atoms with Gasteiger partial charge in [0, 0.05) is 40.2 Å². The van der Waals surface area contributed by atoms with Gasteiger partial charge in [-0.25, -0.2) is 9.97 Å². The summed E-state index contributed by atoms with van der Waals surface area (Å²) in [4.78, 5) is 20.9. The van der Waals surface area contributed by atoms with E-state index in [1.54, 1.807) is 32.1 Å². The predicted octanol–water partition coefficient (Wildman–Crippen LogP) is 0.408. The van der Waals surface area contributed by atoms with E-state index in [1.165, 1.54) is 6.33 Å². The number of nitrogens with zero attached hydrogens (tertiary/aromatic N) is 3. The zero-order valence-corrected chi connectivity index (χ0v) is 9.82. The summed E-state index contributed by atoms with van der Waals surface area (Å²) in [6.45, 7) is 0.567. The average Bonchev–Trinajstić information content (AvgIpc) is 2.29. The number of hydrogen-bond donors (Lipinski definition) is 2. The van der Waals surface area contributed by atoms with Crippen LogP contribution in [0, 0.1) is 0 Å². The molecule has 0 saturated heterocycles. The molecule has 0 aliphatic rings. The van der Waals surface area contributed by atoms with Crippen LogP contribution < -0.4 is 10.6 Å². The third-order valence-corrected chi connectivity index (χ3v) is 2.07. The molecule has 0 atom stereocenters. The number of carbonyl (C=O) groups is 1. The lowest BCUT2D eigenvalue weighted by atomic mass is 10.4. The maximum Gasteiger partial charge on any atom is 0.223 e. The van der Waals surface area contributed by atoms with Crippen molar-refractivity contribution in [3.05, 3.63) is 12.4 Å². The second kappa shape index (κ2) is 5.89. The minimum Gasteiger partial charge on any atom is -0.373 e. The van der Waals surface area contributed by atoms with Crippen LogP contribution in [0.4, 0.5) is 11.6 Å². The van der Waals surface area contributed by atoms with Gasteiger partial charge in [0.05, 0.1) is 0 Å². The number of nitrogens with one attached hydrogen (secondary N) is 2. The lowest BCUT2D eigenvalue weighted by Gasteiger charge is -2.10. The van der Waals surface area contributed by atoms with E-state index < -0.39 is 0 Å². The van der Waals surface area contributed by atoms with E-state index >= 15 is 0 Å². The summed E-state index contributed by atoms with van der Waals surface area (Å²) in [6, 6.07) is 1.79. The number of aromatic nitrogens is 2. The summed E-state index contributed by atoms with van der Waals surface area (Å²) in [7, 11) is 5.28. The third-order valence-electron chi connectivity index (χ3n) is 2.07. The second-order valence-electron chi connectivity index (χ2n) is 3.50. The van der Waals surface area contributed by atoms with E-state index in [9.17, 15) is 4.79 Å². The molecule has 1 aromatic rings. The van der Waals surface area contributed by atoms with E-state index in [-0.39, 0.29) is 5.91 Å². The summed E-state index contributed by atoms with van der Waals surface area (Å²) in [5, 5.41) is 5.99. The maximum atomic E-state index is 11.3. The fourth-order valence-corrected chi connectivity index (χ4v) is 1.11. The normalized spacial score (nSPS) is 9.69. The van der Waals surface area contributed by atoms with Crippen molar-refractivity contribution in [2.24, 2.45) is 0 Å². The molecule has 0 aliphatic heterocycles. The van der Waals surface area contributed by atoms with Crippen LogP contribution in [-0.4, -0.2) is 48.5 Å². The highest BCUT2D eigenvalue weighted by molar-refractivity contribution is 5.76. The Morgan fingerprint density at radius 2 is 2.06 bits per heavy atom. The molecule has 0 bridgehead atoms. The Balaban J connectivity index is 2.40. The Labute approximate surface area is 95.1 Å². The second-order valence-corrected chi connectivity index (χ2v) is 3.50. The van der Waals surface area contributed by atoms with Crippen LogP contribution in [-0.2, 0) is 4.79 Å². The lowest BCUT2D eigenvalue weighted by molar-refractivity contribution is -0.128. The molecule has 88 valence electrons. The molecule has 0 aliphatic carbocycles. The highest BCUT2D eigenvalue weighted by Gasteiger charge is 2.03. The van der Waals surface area contributed by atoms with Crippen LogP contribution in [0.3, 0.4) is 0 Å². The summed E-state index contributed by atoms with van der Waals surface area (Å²) in [5.74, 6) is 1.55. The highest BCUT2D eigenvalue weighted by Crippen LogP contribution is 2.07. The molecule has 0 aromatic carbocycles. The van der Waals surface area contributed by atoms with Gasteiger partial charge in [-0.05, 0) is 0 Å². The number of amides is 1. The summed E-state index contributed by atoms with van der Waals surface area (Å²) in [6.07, 6.45) is 1.92. The molecule has 2 N–H and O–H groups in total. The first-order valence-corrected chi connectivity index (χ1v) is 5.07. The molecular weight excluding hydrogens is 206 g/mol. The maximum absolute atomic E-state index is 11.3. The van der Waals surface area contributed by atoms with Crippen molar-refractivity contribution in [1.29, 1.82) is 0 Å². The van der Waals surface area contributed by atoms with Crippen LogP contribution in [0.1, 0.15) is 6.42 Å². The van der Waals surface area contributed by atoms with Crippen LogP contribution in [0.25, 0.3) is 0 Å². The van der Waals surface area contributed by atoms with E-state index in [0.717, 1.165) is 5.82 Å². The lowest BCUT2D eigenvalue weighted by Crippen LogP contribution is -2.24. The first-order valence-electron chi connectivity index (χ1n) is 5.07. The predicted molar refractivity (Wildman–Crippen MR) is 63.4 cm³/mol. The fourth-order valence-electron chi connectivity index (χ4n) is 1.11. The van der Waals surface area contributed by atoms with Gasteiger partial charge in [0.25, 0.3) is 0 Å². The molecule has 1 rings (SSSR count). The minimum atomic E-state index is 0.0930. The van der Waals surface area contributed by atoms with Crippen LogP contribution in [0.5, 0.6) is 0 Å². The van der Waals surface area contributed by atoms with Crippen LogP contribution in [0.15, 0.2) is 12.4 Å². The van der Waals surface area contributed by atoms with Gasteiger partial charge in [0.15, 0.2) is 0 Å². The van der Waals surface area contributed by atoms with E-state index in [0.29, 0.717) is 18.8 Å². The van der Waals surface area contributed by atoms with Gasteiger partial charge in [-0.2, -0.15) is 0 Å². The SMILES string of the molecule is CNc1cc(NCCC(=O)N(C)C)ncn1. The summed E-state index contributed by atoms with van der Waals surface area (Å²) >= 11 is 0. The van der Waals surface area contributed by atoms with Crippen molar-refractivity contribution in [3.63, 3.8) is 0 Å². The van der Waals surface area contributed by atoms with Crippen molar-refractivity contribution >= 4 is 17.5 Å². The first-order chi connectivity index (χ1) is 7.63. The molecule has 6 heteroatoms. The minimum absolute atomic E-state index is 0.0930. The molecule has 0 fully saturated rings. The highest BCUT2D eigenvalue weighted by atomic mass is 16.2. The molecule has 16 heavy (non-hydrogen) atoms. The number of carbonyl (C=O) groups excluding carboxylic acids is 1. The molecule has 0 unspecified atom stereocenters. The zero-order valence-electron chi connectivity index (χ0n) is 9.82. The molecule has 0 radical (unpaired) electrons. The number of hydrogen-bond acceptors (Lipinski definition) is 5. The Hall–Kier alpha value is -1.85. The fraction of sp³-hybridized carbons (Fsp3) is 0.500. The quantitative estimate of drug-likeness (QED) is 0.756. The summed E-state index contributed by atoms with van der Waals surface area (Å²) < 4.78 is 0. The van der Waals surface area contributed by atoms with Crippen molar-refractivity contribution in [1.82, 2.24) is 14.9 Å². The monoisotopic (exact) mass is 223 g/mol. The van der Waals surface area contributed by atoms with Gasteiger partial charge in [-0.15, -0.1) is 0 Å². The smallest absolute Gasteiger partial charge is 0.223 e.